The first-order valence-electron chi connectivity index (χ1n) is 4.92. The van der Waals surface area contributed by atoms with E-state index in [1.807, 2.05) is 0 Å². The minimum Gasteiger partial charge on any atom is -0.504 e. The molecule has 1 aromatic rings. The summed E-state index contributed by atoms with van der Waals surface area (Å²) in [4.78, 5) is 11.1. The van der Waals surface area contributed by atoms with Gasteiger partial charge in [-0.25, -0.2) is 0 Å². The largest absolute Gasteiger partial charge is 0.504 e. The summed E-state index contributed by atoms with van der Waals surface area (Å²) < 4.78 is 4.93. The summed E-state index contributed by atoms with van der Waals surface area (Å²) in [5, 5.41) is 18.8. The second-order valence-corrected chi connectivity index (χ2v) is 3.98. The Labute approximate surface area is 104 Å². The smallest absolute Gasteiger partial charge is 0.312 e. The summed E-state index contributed by atoms with van der Waals surface area (Å²) in [6.07, 6.45) is 0. The van der Waals surface area contributed by atoms with Crippen LogP contribution in [-0.2, 0) is 4.79 Å². The zero-order valence-electron chi connectivity index (χ0n) is 9.53. The lowest BCUT2D eigenvalue weighted by atomic mass is 9.94. The number of aliphatic carboxylic acids is 1. The van der Waals surface area contributed by atoms with E-state index in [2.05, 4.69) is 0 Å². The zero-order valence-corrected chi connectivity index (χ0v) is 10.3. The fourth-order valence-electron chi connectivity index (χ4n) is 1.72. The highest BCUT2D eigenvalue weighted by Crippen LogP contribution is 2.41. The molecule has 4 N–H and O–H groups in total. The molecular formula is C11H14ClNO4. The minimum atomic E-state index is -1.06. The van der Waals surface area contributed by atoms with Crippen molar-refractivity contribution in [1.82, 2.24) is 0 Å². The molecule has 0 saturated heterocycles. The van der Waals surface area contributed by atoms with Gasteiger partial charge in [-0.15, -0.1) is 0 Å². The summed E-state index contributed by atoms with van der Waals surface area (Å²) in [6.45, 7) is 1.58. The van der Waals surface area contributed by atoms with Gasteiger partial charge >= 0.3 is 5.97 Å². The Balaban J connectivity index is 3.47. The molecule has 1 rings (SSSR count). The van der Waals surface area contributed by atoms with Gasteiger partial charge in [-0.1, -0.05) is 11.6 Å². The summed E-state index contributed by atoms with van der Waals surface area (Å²) >= 11 is 6.03. The third-order valence-electron chi connectivity index (χ3n) is 2.53. The number of aryl methyl sites for hydroxylation is 1. The van der Waals surface area contributed by atoms with Crippen LogP contribution in [0, 0.1) is 6.92 Å². The van der Waals surface area contributed by atoms with Gasteiger partial charge in [-0.2, -0.15) is 0 Å². The van der Waals surface area contributed by atoms with E-state index in [0.29, 0.717) is 11.1 Å². The number of halogens is 1. The van der Waals surface area contributed by atoms with Gasteiger partial charge < -0.3 is 20.7 Å². The van der Waals surface area contributed by atoms with Gasteiger partial charge in [0.05, 0.1) is 18.1 Å². The Hall–Kier alpha value is -1.46. The highest BCUT2D eigenvalue weighted by Gasteiger charge is 2.26. The quantitative estimate of drug-likeness (QED) is 0.762. The Kier molecular flexibility index (Phi) is 4.20. The third-order valence-corrected chi connectivity index (χ3v) is 2.91. The molecule has 94 valence electrons. The number of phenolic OH excluding ortho intramolecular Hbond substituents is 1. The molecule has 0 saturated carbocycles. The topological polar surface area (TPSA) is 92.8 Å². The lowest BCUT2D eigenvalue weighted by Gasteiger charge is -2.18. The van der Waals surface area contributed by atoms with Crippen LogP contribution in [0.15, 0.2) is 6.07 Å². The van der Waals surface area contributed by atoms with Crippen molar-refractivity contribution >= 4 is 17.6 Å². The van der Waals surface area contributed by atoms with Crippen LogP contribution in [0.4, 0.5) is 0 Å². The Bertz CT molecular complexity index is 448. The van der Waals surface area contributed by atoms with Gasteiger partial charge in [0, 0.05) is 6.54 Å². The number of nitrogens with two attached hydrogens (primary N) is 1. The highest BCUT2D eigenvalue weighted by molar-refractivity contribution is 6.33. The van der Waals surface area contributed by atoms with E-state index in [-0.39, 0.29) is 23.1 Å². The number of carbonyl (C=O) groups is 1. The summed E-state index contributed by atoms with van der Waals surface area (Å²) in [5.41, 5.74) is 6.36. The highest BCUT2D eigenvalue weighted by atomic mass is 35.5. The van der Waals surface area contributed by atoms with Crippen LogP contribution in [0.5, 0.6) is 11.5 Å². The first-order valence-corrected chi connectivity index (χ1v) is 5.30. The molecule has 6 heteroatoms. The number of carboxylic acids is 1. The van der Waals surface area contributed by atoms with Gasteiger partial charge in [0.15, 0.2) is 11.5 Å². The summed E-state index contributed by atoms with van der Waals surface area (Å²) in [6, 6.07) is 1.41. The number of hydrogen-bond acceptors (Lipinski definition) is 4. The van der Waals surface area contributed by atoms with Gasteiger partial charge in [-0.3, -0.25) is 4.79 Å². The van der Waals surface area contributed by atoms with Crippen molar-refractivity contribution in [2.45, 2.75) is 12.8 Å². The average molecular weight is 260 g/mol. The lowest BCUT2D eigenvalue weighted by Crippen LogP contribution is -2.22. The Morgan fingerprint density at radius 2 is 2.24 bits per heavy atom. The second-order valence-electron chi connectivity index (χ2n) is 3.60. The van der Waals surface area contributed by atoms with Crippen LogP contribution in [0.25, 0.3) is 0 Å². The third kappa shape index (κ3) is 2.45. The number of rotatable bonds is 4. The monoisotopic (exact) mass is 259 g/mol. The van der Waals surface area contributed by atoms with Gasteiger partial charge in [0.25, 0.3) is 0 Å². The molecule has 0 bridgehead atoms. The maximum absolute atomic E-state index is 11.1. The van der Waals surface area contributed by atoms with Crippen LogP contribution >= 0.6 is 11.6 Å². The molecule has 0 aliphatic heterocycles. The molecule has 1 atom stereocenters. The second kappa shape index (κ2) is 5.25. The normalized spacial score (nSPS) is 12.2. The molecule has 0 aliphatic rings. The van der Waals surface area contributed by atoms with E-state index in [4.69, 9.17) is 27.2 Å². The van der Waals surface area contributed by atoms with Crippen molar-refractivity contribution in [3.05, 3.63) is 22.2 Å². The number of carboxylic acid groups (broad SMARTS) is 1. The fourth-order valence-corrected chi connectivity index (χ4v) is 2.18. The molecule has 0 fully saturated rings. The van der Waals surface area contributed by atoms with E-state index >= 15 is 0 Å². The fraction of sp³-hybridized carbons (Fsp3) is 0.364. The number of methoxy groups -OCH3 is 1. The van der Waals surface area contributed by atoms with Crippen molar-refractivity contribution < 1.29 is 19.7 Å². The van der Waals surface area contributed by atoms with Crippen LogP contribution in [0.3, 0.4) is 0 Å². The average Bonchev–Trinajstić information content (AvgIpc) is 2.23. The molecular weight excluding hydrogens is 246 g/mol. The van der Waals surface area contributed by atoms with Gasteiger partial charge in [0.1, 0.15) is 0 Å². The van der Waals surface area contributed by atoms with Crippen LogP contribution in [-0.4, -0.2) is 29.8 Å². The van der Waals surface area contributed by atoms with Crippen molar-refractivity contribution in [2.75, 3.05) is 13.7 Å². The maximum Gasteiger partial charge on any atom is 0.312 e. The maximum atomic E-state index is 11.1. The molecule has 1 aromatic carbocycles. The van der Waals surface area contributed by atoms with E-state index < -0.39 is 11.9 Å². The van der Waals surface area contributed by atoms with Crippen LogP contribution in [0.1, 0.15) is 17.0 Å². The predicted molar refractivity (Wildman–Crippen MR) is 63.8 cm³/mol. The molecule has 0 spiro atoms. The van der Waals surface area contributed by atoms with Gasteiger partial charge in [-0.05, 0) is 24.1 Å². The summed E-state index contributed by atoms with van der Waals surface area (Å²) in [7, 11) is 1.35. The van der Waals surface area contributed by atoms with Crippen molar-refractivity contribution in [1.29, 1.82) is 0 Å². The SMILES string of the molecule is COc1c(O)cc(C)c(C(CN)C(=O)O)c1Cl. The van der Waals surface area contributed by atoms with Crippen LogP contribution in [0.2, 0.25) is 5.02 Å². The number of hydrogen-bond donors (Lipinski definition) is 3. The molecule has 0 radical (unpaired) electrons. The van der Waals surface area contributed by atoms with Gasteiger partial charge in [0.2, 0.25) is 0 Å². The predicted octanol–water partition coefficient (Wildman–Crippen LogP) is 1.49. The first kappa shape index (κ1) is 13.6. The van der Waals surface area contributed by atoms with Crippen molar-refractivity contribution in [3.63, 3.8) is 0 Å². The number of aromatic hydroxyl groups is 1. The van der Waals surface area contributed by atoms with E-state index in [9.17, 15) is 9.90 Å². The minimum absolute atomic E-state index is 0.0620. The molecule has 0 aromatic heterocycles. The van der Waals surface area contributed by atoms with Crippen molar-refractivity contribution in [2.24, 2.45) is 5.73 Å². The Morgan fingerprint density at radius 3 is 2.65 bits per heavy atom. The zero-order chi connectivity index (χ0) is 13.2. The number of benzene rings is 1. The molecule has 17 heavy (non-hydrogen) atoms. The number of ether oxygens (including phenoxy) is 1. The molecule has 0 amide bonds. The van der Waals surface area contributed by atoms with E-state index in [0.717, 1.165) is 0 Å². The number of phenols is 1. The molecule has 5 nitrogen and oxygen atoms in total. The molecule has 1 unspecified atom stereocenters. The van der Waals surface area contributed by atoms with Crippen molar-refractivity contribution in [3.8, 4) is 11.5 Å². The molecule has 0 heterocycles. The molecule has 0 aliphatic carbocycles. The lowest BCUT2D eigenvalue weighted by molar-refractivity contribution is -0.138. The Morgan fingerprint density at radius 1 is 1.65 bits per heavy atom. The van der Waals surface area contributed by atoms with E-state index in [1.54, 1.807) is 6.92 Å². The standard InChI is InChI=1S/C11H14ClNO4/c1-5-3-7(14)10(17-2)9(12)8(5)6(4-13)11(15)16/h3,6,14H,4,13H2,1-2H3,(H,15,16). The summed E-state index contributed by atoms with van der Waals surface area (Å²) in [5.74, 6) is -2.05. The van der Waals surface area contributed by atoms with E-state index in [1.165, 1.54) is 13.2 Å². The first-order chi connectivity index (χ1) is 7.93. The van der Waals surface area contributed by atoms with Crippen LogP contribution < -0.4 is 10.5 Å².